The number of hydrogen-bond acceptors (Lipinski definition) is 1. The molecule has 112 valence electrons. The molecule has 0 saturated carbocycles. The van der Waals surface area contributed by atoms with Crippen LogP contribution in [0.1, 0.15) is 32.8 Å². The molecule has 3 nitrogen and oxygen atoms in total. The summed E-state index contributed by atoms with van der Waals surface area (Å²) in [6, 6.07) is 11.0. The first-order chi connectivity index (χ1) is 9.19. The Hall–Kier alpha value is -0.780. The predicted molar refractivity (Wildman–Crippen MR) is 96.6 cm³/mol. The van der Waals surface area contributed by atoms with Crippen LogP contribution in [0.15, 0.2) is 35.3 Å². The van der Waals surface area contributed by atoms with Gasteiger partial charge in [-0.1, -0.05) is 44.2 Å². The van der Waals surface area contributed by atoms with E-state index in [1.807, 2.05) is 6.07 Å². The molecule has 0 spiro atoms. The maximum absolute atomic E-state index is 4.73. The van der Waals surface area contributed by atoms with E-state index in [0.717, 1.165) is 31.5 Å². The van der Waals surface area contributed by atoms with Gasteiger partial charge >= 0.3 is 0 Å². The van der Waals surface area contributed by atoms with Gasteiger partial charge in [-0.15, -0.1) is 24.0 Å². The maximum atomic E-state index is 4.73. The van der Waals surface area contributed by atoms with Crippen LogP contribution in [0.5, 0.6) is 0 Å². The third-order valence-electron chi connectivity index (χ3n) is 3.47. The van der Waals surface area contributed by atoms with E-state index < -0.39 is 0 Å². The zero-order valence-electron chi connectivity index (χ0n) is 12.7. The fraction of sp³-hybridized carbons (Fsp3) is 0.562. The van der Waals surface area contributed by atoms with Gasteiger partial charge in [-0.2, -0.15) is 0 Å². The summed E-state index contributed by atoms with van der Waals surface area (Å²) in [6.45, 7) is 9.61. The molecule has 0 radical (unpaired) electrons. The van der Waals surface area contributed by atoms with Crippen molar-refractivity contribution in [3.05, 3.63) is 35.9 Å². The molecule has 1 aliphatic heterocycles. The molecule has 0 aliphatic carbocycles. The molecule has 1 atom stereocenters. The van der Waals surface area contributed by atoms with Gasteiger partial charge in [-0.05, 0) is 24.8 Å². The van der Waals surface area contributed by atoms with Crippen LogP contribution in [0.4, 0.5) is 0 Å². The number of likely N-dealkylation sites (N-methyl/N-ethyl adjacent to an activating group) is 1. The van der Waals surface area contributed by atoms with Crippen molar-refractivity contribution < 1.29 is 0 Å². The van der Waals surface area contributed by atoms with Crippen LogP contribution in [0.3, 0.4) is 0 Å². The van der Waals surface area contributed by atoms with E-state index in [-0.39, 0.29) is 24.0 Å². The molecule has 2 rings (SSSR count). The minimum atomic E-state index is 0. The molecule has 0 bridgehead atoms. The van der Waals surface area contributed by atoms with Crippen molar-refractivity contribution in [1.82, 2.24) is 10.2 Å². The average molecular weight is 387 g/mol. The lowest BCUT2D eigenvalue weighted by molar-refractivity contribution is 0.410. The quantitative estimate of drug-likeness (QED) is 0.784. The van der Waals surface area contributed by atoms with Crippen molar-refractivity contribution in [2.24, 2.45) is 10.9 Å². The second-order valence-corrected chi connectivity index (χ2v) is 5.63. The van der Waals surface area contributed by atoms with Crippen molar-refractivity contribution in [1.29, 1.82) is 0 Å². The monoisotopic (exact) mass is 387 g/mol. The maximum Gasteiger partial charge on any atom is 0.194 e. The van der Waals surface area contributed by atoms with Crippen LogP contribution < -0.4 is 5.32 Å². The smallest absolute Gasteiger partial charge is 0.194 e. The Bertz CT molecular complexity index is 417. The third-order valence-corrected chi connectivity index (χ3v) is 3.47. The van der Waals surface area contributed by atoms with E-state index in [2.05, 4.69) is 55.3 Å². The van der Waals surface area contributed by atoms with E-state index in [4.69, 9.17) is 4.99 Å². The predicted octanol–water partition coefficient (Wildman–Crippen LogP) is 3.50. The molecule has 1 aliphatic rings. The highest BCUT2D eigenvalue weighted by Gasteiger charge is 2.25. The zero-order valence-corrected chi connectivity index (χ0v) is 15.0. The Kier molecular flexibility index (Phi) is 7.34. The summed E-state index contributed by atoms with van der Waals surface area (Å²) in [4.78, 5) is 7.08. The number of aliphatic imine (C=N–C) groups is 1. The standard InChI is InChI=1S/C16H25N3.HI/c1-4-19-12-15(10-13(2)3)18-16(19)17-11-14-8-6-5-7-9-14;/h5-9,13,15H,4,10-12H2,1-3H3,(H,17,18);1H. The normalized spacial score (nSPS) is 20.1. The van der Waals surface area contributed by atoms with Crippen molar-refractivity contribution in [3.63, 3.8) is 0 Å². The van der Waals surface area contributed by atoms with Crippen LogP contribution in [0, 0.1) is 5.92 Å². The Morgan fingerprint density at radius 3 is 2.60 bits per heavy atom. The van der Waals surface area contributed by atoms with E-state index in [1.165, 1.54) is 12.0 Å². The van der Waals surface area contributed by atoms with Crippen molar-refractivity contribution in [2.45, 2.75) is 39.8 Å². The van der Waals surface area contributed by atoms with Gasteiger partial charge in [0.1, 0.15) is 0 Å². The SMILES string of the molecule is CCN1CC(CC(C)C)NC1=NCc1ccccc1.I. The number of nitrogens with zero attached hydrogens (tertiary/aromatic N) is 2. The van der Waals surface area contributed by atoms with Gasteiger partial charge in [0.05, 0.1) is 6.54 Å². The van der Waals surface area contributed by atoms with Crippen LogP contribution in [-0.4, -0.2) is 30.0 Å². The Morgan fingerprint density at radius 1 is 1.30 bits per heavy atom. The number of hydrogen-bond donors (Lipinski definition) is 1. The third kappa shape index (κ3) is 4.96. The molecule has 1 aromatic carbocycles. The molecule has 1 saturated heterocycles. The van der Waals surface area contributed by atoms with Crippen molar-refractivity contribution in [2.75, 3.05) is 13.1 Å². The molecular weight excluding hydrogens is 361 g/mol. The highest BCUT2D eigenvalue weighted by atomic mass is 127. The summed E-state index contributed by atoms with van der Waals surface area (Å²) >= 11 is 0. The van der Waals surface area contributed by atoms with Gasteiger partial charge in [-0.3, -0.25) is 0 Å². The Morgan fingerprint density at radius 2 is 2.00 bits per heavy atom. The number of benzene rings is 1. The van der Waals surface area contributed by atoms with Gasteiger partial charge in [0, 0.05) is 19.1 Å². The Labute approximate surface area is 139 Å². The molecule has 0 aromatic heterocycles. The molecule has 0 amide bonds. The van der Waals surface area contributed by atoms with Crippen molar-refractivity contribution >= 4 is 29.9 Å². The fourth-order valence-corrected chi connectivity index (χ4v) is 2.55. The second-order valence-electron chi connectivity index (χ2n) is 5.63. The summed E-state index contributed by atoms with van der Waals surface area (Å²) in [5.41, 5.74) is 1.26. The van der Waals surface area contributed by atoms with Gasteiger partial charge in [0.25, 0.3) is 0 Å². The fourth-order valence-electron chi connectivity index (χ4n) is 2.55. The van der Waals surface area contributed by atoms with E-state index in [1.54, 1.807) is 0 Å². The van der Waals surface area contributed by atoms with Crippen molar-refractivity contribution in [3.8, 4) is 0 Å². The number of guanidine groups is 1. The molecule has 1 unspecified atom stereocenters. The molecular formula is C16H26IN3. The molecule has 1 aromatic rings. The van der Waals surface area contributed by atoms with Gasteiger partial charge < -0.3 is 10.2 Å². The lowest BCUT2D eigenvalue weighted by Crippen LogP contribution is -2.31. The average Bonchev–Trinajstić information content (AvgIpc) is 2.79. The van der Waals surface area contributed by atoms with Gasteiger partial charge in [0.15, 0.2) is 5.96 Å². The molecule has 1 fully saturated rings. The number of rotatable bonds is 5. The largest absolute Gasteiger partial charge is 0.352 e. The van der Waals surface area contributed by atoms with E-state index in [0.29, 0.717) is 6.04 Å². The topological polar surface area (TPSA) is 27.6 Å². The highest BCUT2D eigenvalue weighted by Crippen LogP contribution is 2.13. The minimum absolute atomic E-state index is 0. The summed E-state index contributed by atoms with van der Waals surface area (Å²) in [7, 11) is 0. The minimum Gasteiger partial charge on any atom is -0.352 e. The molecule has 1 N–H and O–H groups in total. The van der Waals surface area contributed by atoms with Crippen LogP contribution >= 0.6 is 24.0 Å². The second kappa shape index (κ2) is 8.49. The summed E-state index contributed by atoms with van der Waals surface area (Å²) in [5.74, 6) is 1.79. The zero-order chi connectivity index (χ0) is 13.7. The van der Waals surface area contributed by atoms with Crippen LogP contribution in [0.25, 0.3) is 0 Å². The van der Waals surface area contributed by atoms with Gasteiger partial charge in [0.2, 0.25) is 0 Å². The summed E-state index contributed by atoms with van der Waals surface area (Å²) in [6.07, 6.45) is 1.21. The van der Waals surface area contributed by atoms with Crippen LogP contribution in [0.2, 0.25) is 0 Å². The Balaban J connectivity index is 0.00000200. The lowest BCUT2D eigenvalue weighted by atomic mass is 10.0. The van der Waals surface area contributed by atoms with E-state index >= 15 is 0 Å². The first kappa shape index (κ1) is 17.3. The summed E-state index contributed by atoms with van der Waals surface area (Å²) < 4.78 is 0. The van der Waals surface area contributed by atoms with E-state index in [9.17, 15) is 0 Å². The summed E-state index contributed by atoms with van der Waals surface area (Å²) in [5, 5.41) is 3.57. The van der Waals surface area contributed by atoms with Gasteiger partial charge in [-0.25, -0.2) is 4.99 Å². The number of nitrogens with one attached hydrogen (secondary N) is 1. The molecule has 1 heterocycles. The first-order valence-corrected chi connectivity index (χ1v) is 7.29. The molecule has 20 heavy (non-hydrogen) atoms. The first-order valence-electron chi connectivity index (χ1n) is 7.29. The molecule has 4 heteroatoms. The highest BCUT2D eigenvalue weighted by molar-refractivity contribution is 14.0. The lowest BCUT2D eigenvalue weighted by Gasteiger charge is -2.14. The number of halogens is 1. The van der Waals surface area contributed by atoms with Crippen LogP contribution in [-0.2, 0) is 6.54 Å².